The van der Waals surface area contributed by atoms with Gasteiger partial charge in [0, 0.05) is 0 Å². The molecule has 0 rings (SSSR count). The predicted molar refractivity (Wildman–Crippen MR) is 401 cm³/mol. The van der Waals surface area contributed by atoms with Crippen LogP contribution in [-0.2, 0) is 9.09 Å². The van der Waals surface area contributed by atoms with Crippen molar-refractivity contribution in [2.75, 3.05) is 6.61 Å². The molecule has 0 aromatic carbocycles. The van der Waals surface area contributed by atoms with Gasteiger partial charge in [0.25, 0.3) is 0 Å². The fourth-order valence-electron chi connectivity index (χ4n) is 10.9. The van der Waals surface area contributed by atoms with E-state index in [4.69, 9.17) is 0 Å². The molecule has 0 bridgehead atoms. The van der Waals surface area contributed by atoms with Gasteiger partial charge in [-0.15, -0.1) is 0 Å². The number of phosphoric ester groups is 1. The summed E-state index contributed by atoms with van der Waals surface area (Å²) in [4.78, 5) is 21.3. The molecule has 0 aliphatic heterocycles. The lowest BCUT2D eigenvalue weighted by Crippen LogP contribution is -2.17. The molecule has 1 atom stereocenters. The number of phosphoric acid groups is 1. The lowest BCUT2D eigenvalue weighted by atomic mass is 10.0. The Labute approximate surface area is 559 Å². The average molecular weight is 1260 g/mol. The monoisotopic (exact) mass is 1260 g/mol. The van der Waals surface area contributed by atoms with Crippen LogP contribution in [0.25, 0.3) is 0 Å². The van der Waals surface area contributed by atoms with Crippen molar-refractivity contribution < 1.29 is 18.9 Å². The third-order valence-electron chi connectivity index (χ3n) is 17.5. The van der Waals surface area contributed by atoms with Gasteiger partial charge < -0.3 is 18.9 Å². The van der Waals surface area contributed by atoms with Gasteiger partial charge in [0.15, 0.2) is 0 Å². The molecule has 0 N–H and O–H groups in total. The van der Waals surface area contributed by atoms with Gasteiger partial charge in [0.05, 0.1) is 14.4 Å². The molecule has 0 saturated heterocycles. The van der Waals surface area contributed by atoms with E-state index in [0.29, 0.717) is 12.3 Å². The molecule has 0 radical (unpaired) electrons. The second kappa shape index (κ2) is 55.4. The van der Waals surface area contributed by atoms with E-state index in [0.717, 1.165) is 167 Å². The van der Waals surface area contributed by atoms with Crippen LogP contribution in [0.1, 0.15) is 337 Å². The van der Waals surface area contributed by atoms with Gasteiger partial charge in [-0.2, -0.15) is 0 Å². The summed E-state index contributed by atoms with van der Waals surface area (Å²) in [6, 6.07) is 0. The predicted octanol–water partition coefficient (Wildman–Crippen LogP) is 27.5. The van der Waals surface area contributed by atoms with Crippen LogP contribution < -0.4 is 9.79 Å². The van der Waals surface area contributed by atoms with E-state index in [9.17, 15) is 14.4 Å². The van der Waals surface area contributed by atoms with Gasteiger partial charge in [0.2, 0.25) is 0 Å². The quantitative estimate of drug-likeness (QED) is 0.0449. The summed E-state index contributed by atoms with van der Waals surface area (Å²) in [5, 5.41) is 0. The molecule has 1 unspecified atom stereocenters. The maximum Gasteiger partial charge on any atom is 0.0596 e. The second-order valence-electron chi connectivity index (χ2n) is 27.9. The molecule has 0 aromatic heterocycles. The van der Waals surface area contributed by atoms with Gasteiger partial charge in [0.1, 0.15) is 0 Å². The van der Waals surface area contributed by atoms with Crippen LogP contribution in [0.5, 0.6) is 0 Å². The van der Waals surface area contributed by atoms with Crippen molar-refractivity contribution in [3.8, 4) is 0 Å². The summed E-state index contributed by atoms with van der Waals surface area (Å²) in [7, 11) is -4.86. The molecular formula is C85H139O4P-2. The zero-order valence-electron chi connectivity index (χ0n) is 61.9. The Kier molecular flexibility index (Phi) is 52.9. The Morgan fingerprint density at radius 3 is 0.544 bits per heavy atom. The normalized spacial score (nSPS) is 15.4. The largest absolute Gasteiger partial charge is 0.790 e. The van der Waals surface area contributed by atoms with Crippen LogP contribution in [0.4, 0.5) is 0 Å². The van der Waals surface area contributed by atoms with Crippen molar-refractivity contribution >= 4 is 7.82 Å². The van der Waals surface area contributed by atoms with E-state index in [1.807, 2.05) is 0 Å². The standard InChI is InChI=1S/C85H141O4P/c1-69(2)35-19-36-70(3)37-20-38-71(4)39-21-40-72(5)41-22-42-73(6)43-23-44-74(7)45-24-46-75(8)47-25-48-76(9)49-26-50-77(10)51-27-52-78(11)53-28-54-79(12)55-29-56-80(13)57-30-58-81(14)59-31-60-82(15)61-32-62-83(16)63-33-64-84(17)65-34-66-85(18)67-68-89-90(86,87)88/h35,37,39,41,43,45,47,49,51,53,55,57,59,61,63,65,85H,19-34,36,38,40,42,44,46,48,50,52,54,56,58,60,62,64,66-68H2,1-18H3,(H2,86,87,88)/p-2/b70-37+,71-39+,72-41-,73-43-,74-45-,75-47-,76-49-,77-51-,78-53-,79-55-,80-57-,81-59-,82-61-,83-63-,84-65-. The van der Waals surface area contributed by atoms with Crippen LogP contribution in [0.3, 0.4) is 0 Å². The molecule has 0 saturated carbocycles. The van der Waals surface area contributed by atoms with Gasteiger partial charge in [-0.25, -0.2) is 0 Å². The molecule has 4 nitrogen and oxygen atoms in total. The molecule has 5 heteroatoms. The summed E-state index contributed by atoms with van der Waals surface area (Å²) in [5.41, 5.74) is 24.0. The van der Waals surface area contributed by atoms with E-state index in [-0.39, 0.29) is 6.61 Å². The molecule has 0 aliphatic rings. The molecule has 90 heavy (non-hydrogen) atoms. The first-order chi connectivity index (χ1) is 42.7. The molecule has 510 valence electrons. The van der Waals surface area contributed by atoms with E-state index in [1.165, 1.54) is 128 Å². The van der Waals surface area contributed by atoms with Crippen molar-refractivity contribution in [2.24, 2.45) is 5.92 Å². The van der Waals surface area contributed by atoms with Gasteiger partial charge >= 0.3 is 0 Å². The SMILES string of the molecule is CC(C)=CCC/C(C)=C/CC/C(C)=C/CC/C(C)=C\CC/C(C)=C\CC/C(C)=C\CC/C(C)=C\CC/C(C)=C\CC/C(C)=C\CC/C(C)=C\CC/C(C)=C\CC/C(C)=C\CC/C(C)=C\CC/C(C)=C\CC/C(C)=C\CC/C(C)=C\CCC(C)CCOP(=O)([O-])[O-]. The summed E-state index contributed by atoms with van der Waals surface area (Å²) in [5.74, 6) is 0.317. The fraction of sp³-hybridized carbons (Fsp3) is 0.624. The summed E-state index contributed by atoms with van der Waals surface area (Å²) < 4.78 is 15.0. The Balaban J connectivity index is 4.33. The van der Waals surface area contributed by atoms with Crippen LogP contribution >= 0.6 is 7.82 Å². The van der Waals surface area contributed by atoms with Crippen LogP contribution in [0.2, 0.25) is 0 Å². The van der Waals surface area contributed by atoms with Crippen molar-refractivity contribution in [3.63, 3.8) is 0 Å². The number of rotatable bonds is 52. The minimum Gasteiger partial charge on any atom is -0.790 e. The zero-order valence-corrected chi connectivity index (χ0v) is 62.8. The molecule has 0 fully saturated rings. The minimum atomic E-state index is -4.86. The maximum atomic E-state index is 10.6. The van der Waals surface area contributed by atoms with Crippen molar-refractivity contribution in [1.29, 1.82) is 0 Å². The lowest BCUT2D eigenvalue weighted by molar-refractivity contribution is -0.341. The first kappa shape index (κ1) is 85.9. The number of hydrogen-bond donors (Lipinski definition) is 0. The second-order valence-corrected chi connectivity index (χ2v) is 29.0. The first-order valence-corrected chi connectivity index (χ1v) is 37.3. The highest BCUT2D eigenvalue weighted by Crippen LogP contribution is 2.27. The van der Waals surface area contributed by atoms with Crippen LogP contribution in [0, 0.1) is 5.92 Å². The topological polar surface area (TPSA) is 72.4 Å². The highest BCUT2D eigenvalue weighted by molar-refractivity contribution is 7.43. The van der Waals surface area contributed by atoms with E-state index < -0.39 is 7.82 Å². The molecule has 0 aromatic rings. The highest BCUT2D eigenvalue weighted by atomic mass is 31.2. The van der Waals surface area contributed by atoms with E-state index in [1.54, 1.807) is 0 Å². The van der Waals surface area contributed by atoms with Crippen LogP contribution in [0.15, 0.2) is 186 Å². The minimum absolute atomic E-state index is 0.0200. The third-order valence-corrected chi connectivity index (χ3v) is 18.0. The summed E-state index contributed by atoms with van der Waals surface area (Å²) in [6.45, 7) is 40.8. The Morgan fingerprint density at radius 1 is 0.256 bits per heavy atom. The maximum absolute atomic E-state index is 10.6. The average Bonchev–Trinajstić information content (AvgIpc) is 3.53. The van der Waals surface area contributed by atoms with Gasteiger partial charge in [-0.05, 0) is 336 Å². The third kappa shape index (κ3) is 59.0. The number of allylic oxidation sites excluding steroid dienone is 32. The number of hydrogen-bond acceptors (Lipinski definition) is 4. The zero-order chi connectivity index (χ0) is 67.4. The van der Waals surface area contributed by atoms with Gasteiger partial charge in [-0.3, -0.25) is 0 Å². The van der Waals surface area contributed by atoms with Crippen molar-refractivity contribution in [1.82, 2.24) is 0 Å². The fourth-order valence-corrected chi connectivity index (χ4v) is 11.2. The molecule has 0 heterocycles. The molecule has 0 aliphatic carbocycles. The Hall–Kier alpha value is -4.05. The van der Waals surface area contributed by atoms with E-state index >= 15 is 0 Å². The van der Waals surface area contributed by atoms with Crippen molar-refractivity contribution in [3.05, 3.63) is 186 Å². The highest BCUT2D eigenvalue weighted by Gasteiger charge is 2.04. The van der Waals surface area contributed by atoms with Gasteiger partial charge in [-0.1, -0.05) is 193 Å². The Bertz CT molecular complexity index is 2550. The van der Waals surface area contributed by atoms with E-state index in [2.05, 4.69) is 226 Å². The molecule has 0 spiro atoms. The van der Waals surface area contributed by atoms with Crippen molar-refractivity contribution in [2.45, 2.75) is 337 Å². The summed E-state index contributed by atoms with van der Waals surface area (Å²) >= 11 is 0. The molecular weight excluding hydrogens is 1120 g/mol. The lowest BCUT2D eigenvalue weighted by Gasteiger charge is -2.29. The summed E-state index contributed by atoms with van der Waals surface area (Å²) in [6.07, 6.45) is 75.8. The Morgan fingerprint density at radius 2 is 0.400 bits per heavy atom. The smallest absolute Gasteiger partial charge is 0.0596 e. The van der Waals surface area contributed by atoms with Crippen LogP contribution in [-0.4, -0.2) is 6.61 Å². The molecule has 0 amide bonds. The first-order valence-electron chi connectivity index (χ1n) is 35.9.